The summed E-state index contributed by atoms with van der Waals surface area (Å²) in [4.78, 5) is 7.47. The highest BCUT2D eigenvalue weighted by molar-refractivity contribution is 7.89. The van der Waals surface area contributed by atoms with Crippen LogP contribution >= 0.6 is 0 Å². The monoisotopic (exact) mass is 515 g/mol. The van der Waals surface area contributed by atoms with Crippen LogP contribution in [0.2, 0.25) is 0 Å². The van der Waals surface area contributed by atoms with Gasteiger partial charge in [-0.3, -0.25) is 10.00 Å². The average Bonchev–Trinajstić information content (AvgIpc) is 3.48. The number of aromatic nitrogens is 3. The fourth-order valence-corrected chi connectivity index (χ4v) is 6.84. The van der Waals surface area contributed by atoms with E-state index in [9.17, 15) is 8.42 Å². The minimum atomic E-state index is -3.74. The highest BCUT2D eigenvalue weighted by Gasteiger charge is 2.38. The van der Waals surface area contributed by atoms with Crippen LogP contribution in [0, 0.1) is 0 Å². The number of nitrogens with zero attached hydrogens (tertiary/aromatic N) is 3. The molecule has 6 rings (SSSR count). The molecule has 1 saturated heterocycles. The molecule has 1 unspecified atom stereocenters. The van der Waals surface area contributed by atoms with Crippen molar-refractivity contribution in [1.82, 2.24) is 20.1 Å². The van der Waals surface area contributed by atoms with Crippen LogP contribution < -0.4 is 5.14 Å². The number of aromatic amines is 1. The first kappa shape index (κ1) is 24.3. The third kappa shape index (κ3) is 4.47. The number of benzene rings is 2. The summed E-state index contributed by atoms with van der Waals surface area (Å²) < 4.78 is 23.3. The van der Waals surface area contributed by atoms with Gasteiger partial charge in [0, 0.05) is 34.3 Å². The predicted molar refractivity (Wildman–Crippen MR) is 147 cm³/mol. The zero-order valence-electron chi connectivity index (χ0n) is 21.4. The van der Waals surface area contributed by atoms with Gasteiger partial charge in [-0.15, -0.1) is 0 Å². The zero-order chi connectivity index (χ0) is 25.8. The minimum Gasteiger partial charge on any atom is -0.295 e. The maximum absolute atomic E-state index is 11.6. The highest BCUT2D eigenvalue weighted by atomic mass is 32.2. The molecule has 2 atom stereocenters. The molecule has 0 saturated carbocycles. The van der Waals surface area contributed by atoms with Crippen molar-refractivity contribution in [3.05, 3.63) is 65.9 Å². The molecule has 7 nitrogen and oxygen atoms in total. The van der Waals surface area contributed by atoms with Crippen LogP contribution in [-0.2, 0) is 22.9 Å². The van der Waals surface area contributed by atoms with Gasteiger partial charge in [-0.05, 0) is 93.8 Å². The molecular formula is C29H33N5O2S. The van der Waals surface area contributed by atoms with Gasteiger partial charge in [0.05, 0.1) is 4.90 Å². The van der Waals surface area contributed by atoms with E-state index in [0.717, 1.165) is 40.6 Å². The third-order valence-corrected chi connectivity index (χ3v) is 9.45. The fraction of sp³-hybridized carbons (Fsp3) is 0.379. The Hall–Kier alpha value is -3.07. The van der Waals surface area contributed by atoms with E-state index < -0.39 is 10.0 Å². The molecule has 1 fully saturated rings. The molecule has 3 heterocycles. The Bertz CT molecular complexity index is 1580. The standard InChI is InChI=1S/C29H33N5O2S/c1-19-4-3-15-34(19)29(2)13-11-20-5-6-22(16-23(20)12-14-29)24-17-26-27(32-33-28(26)31-18-24)21-7-9-25(10-8-21)37(30,35)36/h5-10,16-19H,3-4,11-15H2,1-2H3,(H2,30,35,36)(H,31,32,33)/t19-,29?/m1/s1. The van der Waals surface area contributed by atoms with E-state index in [-0.39, 0.29) is 10.4 Å². The Morgan fingerprint density at radius 1 is 1.00 bits per heavy atom. The molecule has 3 N–H and O–H groups in total. The van der Waals surface area contributed by atoms with Crippen LogP contribution in [0.4, 0.5) is 0 Å². The lowest BCUT2D eigenvalue weighted by molar-refractivity contribution is 0.0821. The van der Waals surface area contributed by atoms with E-state index in [1.54, 1.807) is 12.1 Å². The lowest BCUT2D eigenvalue weighted by atomic mass is 9.89. The Morgan fingerprint density at radius 2 is 1.73 bits per heavy atom. The maximum Gasteiger partial charge on any atom is 0.238 e. The topological polar surface area (TPSA) is 105 Å². The van der Waals surface area contributed by atoms with Gasteiger partial charge in [-0.1, -0.05) is 30.3 Å². The van der Waals surface area contributed by atoms with Crippen LogP contribution in [0.1, 0.15) is 50.7 Å². The number of pyridine rings is 1. The van der Waals surface area contributed by atoms with E-state index in [2.05, 4.69) is 58.2 Å². The minimum absolute atomic E-state index is 0.0789. The summed E-state index contributed by atoms with van der Waals surface area (Å²) in [6.45, 7) is 6.08. The number of hydrogen-bond acceptors (Lipinski definition) is 5. The van der Waals surface area contributed by atoms with Gasteiger partial charge in [0.15, 0.2) is 5.65 Å². The summed E-state index contributed by atoms with van der Waals surface area (Å²) >= 11 is 0. The lowest BCUT2D eigenvalue weighted by Crippen LogP contribution is -2.48. The summed E-state index contributed by atoms with van der Waals surface area (Å²) in [5.41, 5.74) is 7.60. The van der Waals surface area contributed by atoms with E-state index in [1.807, 2.05) is 6.20 Å². The van der Waals surface area contributed by atoms with E-state index in [4.69, 9.17) is 5.14 Å². The smallest absolute Gasteiger partial charge is 0.238 e. The highest BCUT2D eigenvalue weighted by Crippen LogP contribution is 2.38. The van der Waals surface area contributed by atoms with Crippen LogP contribution in [0.15, 0.2) is 59.6 Å². The number of nitrogens with one attached hydrogen (secondary N) is 1. The van der Waals surface area contributed by atoms with Crippen LogP contribution in [0.5, 0.6) is 0 Å². The molecule has 1 aliphatic carbocycles. The van der Waals surface area contributed by atoms with Gasteiger partial charge >= 0.3 is 0 Å². The first-order chi connectivity index (χ1) is 17.7. The van der Waals surface area contributed by atoms with Crippen molar-refractivity contribution in [3.63, 3.8) is 0 Å². The van der Waals surface area contributed by atoms with E-state index in [1.165, 1.54) is 55.5 Å². The Balaban J connectivity index is 1.30. The second-order valence-electron chi connectivity index (χ2n) is 10.9. The molecule has 4 aromatic rings. The average molecular weight is 516 g/mol. The number of primary sulfonamides is 1. The Kier molecular flexibility index (Phi) is 5.93. The van der Waals surface area contributed by atoms with Crippen LogP contribution in [-0.4, -0.2) is 46.6 Å². The van der Waals surface area contributed by atoms with Gasteiger partial charge in [0.25, 0.3) is 0 Å². The second-order valence-corrected chi connectivity index (χ2v) is 12.5. The van der Waals surface area contributed by atoms with Crippen molar-refractivity contribution in [2.24, 2.45) is 5.14 Å². The first-order valence-electron chi connectivity index (χ1n) is 13.1. The quantitative estimate of drug-likeness (QED) is 0.370. The molecule has 8 heteroatoms. The molecule has 37 heavy (non-hydrogen) atoms. The predicted octanol–water partition coefficient (Wildman–Crippen LogP) is 5.06. The maximum atomic E-state index is 11.6. The number of nitrogens with two attached hydrogens (primary N) is 1. The van der Waals surface area contributed by atoms with E-state index in [0.29, 0.717) is 11.7 Å². The normalized spacial score (nSPS) is 22.7. The number of H-pyrrole nitrogens is 1. The third-order valence-electron chi connectivity index (χ3n) is 8.52. The number of sulfonamides is 1. The zero-order valence-corrected chi connectivity index (χ0v) is 22.2. The molecule has 2 aliphatic rings. The molecule has 1 aliphatic heterocycles. The van der Waals surface area contributed by atoms with Gasteiger partial charge in [-0.2, -0.15) is 5.10 Å². The number of aryl methyl sites for hydroxylation is 2. The molecule has 2 aromatic heterocycles. The van der Waals surface area contributed by atoms with Gasteiger partial charge in [0.1, 0.15) is 5.69 Å². The summed E-state index contributed by atoms with van der Waals surface area (Å²) in [6.07, 6.45) is 9.12. The Labute approximate surface area is 218 Å². The SMILES string of the molecule is C[C@@H]1CCCN1C1(C)CCc2ccc(-c3cnc4[nH]nc(-c5ccc(S(N)(=O)=O)cc5)c4c3)cc2CC1. The van der Waals surface area contributed by atoms with Crippen molar-refractivity contribution >= 4 is 21.1 Å². The summed E-state index contributed by atoms with van der Waals surface area (Å²) in [5, 5.41) is 13.6. The second kappa shape index (κ2) is 9.04. The first-order valence-corrected chi connectivity index (χ1v) is 14.6. The van der Waals surface area contributed by atoms with Crippen molar-refractivity contribution in [2.75, 3.05) is 6.54 Å². The van der Waals surface area contributed by atoms with Gasteiger partial charge < -0.3 is 0 Å². The molecule has 0 spiro atoms. The van der Waals surface area contributed by atoms with Crippen LogP contribution in [0.25, 0.3) is 33.4 Å². The van der Waals surface area contributed by atoms with Crippen molar-refractivity contribution in [3.8, 4) is 22.4 Å². The fourth-order valence-electron chi connectivity index (χ4n) is 6.32. The summed E-state index contributed by atoms with van der Waals surface area (Å²) in [6, 6.07) is 16.1. The molecule has 0 amide bonds. The molecule has 0 bridgehead atoms. The Morgan fingerprint density at radius 3 is 2.43 bits per heavy atom. The van der Waals surface area contributed by atoms with Crippen LogP contribution in [0.3, 0.4) is 0 Å². The largest absolute Gasteiger partial charge is 0.295 e. The number of likely N-dealkylation sites (tertiary alicyclic amines) is 1. The molecule has 2 aromatic carbocycles. The summed E-state index contributed by atoms with van der Waals surface area (Å²) in [7, 11) is -3.74. The molecule has 192 valence electrons. The summed E-state index contributed by atoms with van der Waals surface area (Å²) in [5.74, 6) is 0. The van der Waals surface area contributed by atoms with Crippen molar-refractivity contribution < 1.29 is 8.42 Å². The van der Waals surface area contributed by atoms with E-state index >= 15 is 0 Å². The number of hydrogen-bond donors (Lipinski definition) is 2. The van der Waals surface area contributed by atoms with Gasteiger partial charge in [-0.25, -0.2) is 18.5 Å². The van der Waals surface area contributed by atoms with Crippen molar-refractivity contribution in [1.29, 1.82) is 0 Å². The van der Waals surface area contributed by atoms with Gasteiger partial charge in [0.2, 0.25) is 10.0 Å². The molecule has 0 radical (unpaired) electrons. The number of fused-ring (bicyclic) bond motifs is 2. The lowest BCUT2D eigenvalue weighted by Gasteiger charge is -2.41. The number of rotatable bonds is 4. The molecular weight excluding hydrogens is 482 g/mol. The van der Waals surface area contributed by atoms with Crippen molar-refractivity contribution in [2.45, 2.75) is 68.8 Å².